The molecule has 0 aromatic heterocycles. The van der Waals surface area contributed by atoms with Crippen molar-refractivity contribution < 1.29 is 24.8 Å². The predicted molar refractivity (Wildman–Crippen MR) is 78.4 cm³/mol. The van der Waals surface area contributed by atoms with Crippen molar-refractivity contribution in [2.24, 2.45) is 5.41 Å². The number of carbonyl (C=O) groups is 2. The molecule has 0 unspecified atom stereocenters. The van der Waals surface area contributed by atoms with Crippen molar-refractivity contribution >= 4 is 11.9 Å². The largest absolute Gasteiger partial charge is 0.481 e. The van der Waals surface area contributed by atoms with Crippen LogP contribution in [-0.4, -0.2) is 22.3 Å². The lowest BCUT2D eigenvalue weighted by molar-refractivity contribution is -0.234. The van der Waals surface area contributed by atoms with Gasteiger partial charge in [0.05, 0.1) is 5.41 Å². The fourth-order valence-electron chi connectivity index (χ4n) is 1.27. The summed E-state index contributed by atoms with van der Waals surface area (Å²) < 4.78 is 0. The lowest BCUT2D eigenvalue weighted by Gasteiger charge is -2.08. The minimum atomic E-state index is -0.757. The normalized spacial score (nSPS) is 10.4. The van der Waals surface area contributed by atoms with Crippen LogP contribution in [0.5, 0.6) is 0 Å². The van der Waals surface area contributed by atoms with Crippen molar-refractivity contribution in [3.63, 3.8) is 0 Å². The first-order valence-corrected chi connectivity index (χ1v) is 7.33. The number of aliphatic carboxylic acids is 1. The number of rotatable bonds is 8. The molecule has 0 spiro atoms. The summed E-state index contributed by atoms with van der Waals surface area (Å²) in [4.78, 5) is 24.1. The maximum atomic E-state index is 10.5. The van der Waals surface area contributed by atoms with Gasteiger partial charge < -0.3 is 9.99 Å². The molecule has 120 valence electrons. The van der Waals surface area contributed by atoms with Gasteiger partial charge in [-0.1, -0.05) is 45.4 Å². The van der Waals surface area contributed by atoms with E-state index in [0.717, 1.165) is 12.8 Å². The van der Waals surface area contributed by atoms with E-state index in [1.807, 2.05) is 0 Å². The average Bonchev–Trinajstić information content (AvgIpc) is 2.37. The van der Waals surface area contributed by atoms with Crippen LogP contribution >= 0.6 is 0 Å². The number of hydrogen-bond donors (Lipinski definition) is 2. The molecule has 0 atom stereocenters. The van der Waals surface area contributed by atoms with Gasteiger partial charge in [-0.3, -0.25) is 4.79 Å². The minimum absolute atomic E-state index is 0.338. The zero-order valence-electron chi connectivity index (χ0n) is 13.3. The first kappa shape index (κ1) is 21.2. The van der Waals surface area contributed by atoms with Crippen LogP contribution in [-0.2, 0) is 14.5 Å². The number of hydrogen-bond acceptors (Lipinski definition) is 4. The van der Waals surface area contributed by atoms with Crippen molar-refractivity contribution in [3.05, 3.63) is 0 Å². The number of unbranched alkanes of at least 4 members (excludes halogenated alkanes) is 6. The van der Waals surface area contributed by atoms with E-state index in [4.69, 9.17) is 10.4 Å². The predicted octanol–water partition coefficient (Wildman–Crippen LogP) is 4.26. The molecule has 20 heavy (non-hydrogen) atoms. The van der Waals surface area contributed by atoms with Gasteiger partial charge in [0.25, 0.3) is 0 Å². The molecule has 0 aromatic carbocycles. The Morgan fingerprint density at radius 2 is 1.35 bits per heavy atom. The Hall–Kier alpha value is -1.10. The van der Waals surface area contributed by atoms with Gasteiger partial charge in [0.1, 0.15) is 0 Å². The van der Waals surface area contributed by atoms with Crippen molar-refractivity contribution in [1.82, 2.24) is 0 Å². The summed E-state index contributed by atoms with van der Waals surface area (Å²) in [5.41, 5.74) is -0.583. The van der Waals surface area contributed by atoms with Crippen LogP contribution in [0.4, 0.5) is 0 Å². The van der Waals surface area contributed by atoms with Gasteiger partial charge in [0.2, 0.25) is 0 Å². The highest BCUT2D eigenvalue weighted by Gasteiger charge is 2.18. The summed E-state index contributed by atoms with van der Waals surface area (Å²) in [5, 5.41) is 16.2. The van der Waals surface area contributed by atoms with E-state index in [1.165, 1.54) is 32.1 Å². The van der Waals surface area contributed by atoms with E-state index < -0.39 is 17.4 Å². The lowest BCUT2D eigenvalue weighted by Crippen LogP contribution is -2.18. The molecule has 0 aliphatic carbocycles. The molecule has 5 nitrogen and oxygen atoms in total. The molecule has 0 amide bonds. The Morgan fingerprint density at radius 1 is 0.950 bits per heavy atom. The maximum Gasteiger partial charge on any atom is 0.342 e. The highest BCUT2D eigenvalue weighted by Crippen LogP contribution is 2.11. The summed E-state index contributed by atoms with van der Waals surface area (Å²) in [7, 11) is 0. The van der Waals surface area contributed by atoms with Crippen molar-refractivity contribution in [2.45, 2.75) is 79.1 Å². The molecule has 0 aliphatic rings. The summed E-state index contributed by atoms with van der Waals surface area (Å²) in [5.74, 6) is -1.28. The Labute approximate surface area is 122 Å². The lowest BCUT2D eigenvalue weighted by atomic mass is 9.98. The zero-order chi connectivity index (χ0) is 16.0. The van der Waals surface area contributed by atoms with Crippen molar-refractivity contribution in [2.75, 3.05) is 0 Å². The van der Waals surface area contributed by atoms with Crippen LogP contribution in [0.15, 0.2) is 0 Å². The first-order valence-electron chi connectivity index (χ1n) is 7.33. The molecule has 0 aromatic rings. The molecule has 2 N–H and O–H groups in total. The van der Waals surface area contributed by atoms with Gasteiger partial charge in [0.15, 0.2) is 0 Å². The fraction of sp³-hybridized carbons (Fsp3) is 0.867. The third-order valence-electron chi connectivity index (χ3n) is 2.73. The van der Waals surface area contributed by atoms with E-state index >= 15 is 0 Å². The molecule has 0 aliphatic heterocycles. The monoisotopic (exact) mass is 290 g/mol. The van der Waals surface area contributed by atoms with E-state index in [2.05, 4.69) is 11.8 Å². The van der Waals surface area contributed by atoms with E-state index in [1.54, 1.807) is 20.8 Å². The van der Waals surface area contributed by atoms with Crippen molar-refractivity contribution in [1.29, 1.82) is 0 Å². The summed E-state index contributed by atoms with van der Waals surface area (Å²) in [6.07, 6.45) is 8.51. The molecule has 0 radical (unpaired) electrons. The van der Waals surface area contributed by atoms with Gasteiger partial charge in [-0.15, -0.1) is 0 Å². The highest BCUT2D eigenvalue weighted by molar-refractivity contribution is 5.72. The second-order valence-electron chi connectivity index (χ2n) is 5.89. The molecule has 0 bridgehead atoms. The standard InChI is InChI=1S/C10H20O3.C5H10O2/c1-2-3-4-5-6-7-8-9-10(11)13-12;1-5(2,3)4(6)7/h12H,2-9H2,1H3;1-3H3,(H,6,7). The zero-order valence-corrected chi connectivity index (χ0v) is 13.3. The molecule has 0 rings (SSSR count). The van der Waals surface area contributed by atoms with Crippen LogP contribution in [0.1, 0.15) is 79.1 Å². The molecule has 5 heteroatoms. The van der Waals surface area contributed by atoms with E-state index in [-0.39, 0.29) is 0 Å². The number of carbonyl (C=O) groups excluding carboxylic acids is 1. The Kier molecular flexibility index (Phi) is 13.7. The smallest absolute Gasteiger partial charge is 0.342 e. The Bertz CT molecular complexity index is 255. The molecule has 0 saturated carbocycles. The third kappa shape index (κ3) is 16.9. The Morgan fingerprint density at radius 3 is 1.70 bits per heavy atom. The molecule has 0 saturated heterocycles. The van der Waals surface area contributed by atoms with Crippen LogP contribution in [0, 0.1) is 5.41 Å². The quantitative estimate of drug-likeness (QED) is 0.396. The van der Waals surface area contributed by atoms with Gasteiger partial charge >= 0.3 is 11.9 Å². The second-order valence-corrected chi connectivity index (χ2v) is 5.89. The summed E-state index contributed by atoms with van der Waals surface area (Å²) in [6.45, 7) is 7.18. The van der Waals surface area contributed by atoms with E-state index in [9.17, 15) is 9.59 Å². The first-order chi connectivity index (χ1) is 9.25. The van der Waals surface area contributed by atoms with Crippen molar-refractivity contribution in [3.8, 4) is 0 Å². The summed E-state index contributed by atoms with van der Waals surface area (Å²) >= 11 is 0. The maximum absolute atomic E-state index is 10.5. The molecular weight excluding hydrogens is 260 g/mol. The third-order valence-corrected chi connectivity index (χ3v) is 2.73. The van der Waals surface area contributed by atoms with Gasteiger partial charge in [-0.05, 0) is 27.2 Å². The van der Waals surface area contributed by atoms with Crippen LogP contribution in [0.2, 0.25) is 0 Å². The molecule has 0 fully saturated rings. The van der Waals surface area contributed by atoms with Gasteiger partial charge in [-0.2, -0.15) is 5.26 Å². The SMILES string of the molecule is CC(C)(C)C(=O)O.CCCCCCCCCC(=O)OO. The summed E-state index contributed by atoms with van der Waals surface area (Å²) in [6, 6.07) is 0. The van der Waals surface area contributed by atoms with Crippen LogP contribution in [0.25, 0.3) is 0 Å². The average molecular weight is 290 g/mol. The van der Waals surface area contributed by atoms with Gasteiger partial charge in [-0.25, -0.2) is 4.79 Å². The topological polar surface area (TPSA) is 83.8 Å². The fourth-order valence-corrected chi connectivity index (χ4v) is 1.27. The second kappa shape index (κ2) is 12.9. The molecule has 0 heterocycles. The highest BCUT2D eigenvalue weighted by atomic mass is 17.1. The minimum Gasteiger partial charge on any atom is -0.481 e. The molecular formula is C15H30O5. The number of carboxylic acid groups (broad SMARTS) is 1. The van der Waals surface area contributed by atoms with Crippen LogP contribution < -0.4 is 0 Å². The van der Waals surface area contributed by atoms with Gasteiger partial charge in [0, 0.05) is 6.42 Å². The number of carboxylic acids is 1. The van der Waals surface area contributed by atoms with E-state index in [0.29, 0.717) is 6.42 Å². The van der Waals surface area contributed by atoms with Crippen LogP contribution in [0.3, 0.4) is 0 Å². The Balaban J connectivity index is 0.